The van der Waals surface area contributed by atoms with Crippen LogP contribution in [0.1, 0.15) is 72.1 Å². The molecular weight excluding hydrogens is 244 g/mol. The zero-order valence-corrected chi connectivity index (χ0v) is 14.1. The van der Waals surface area contributed by atoms with Crippen molar-refractivity contribution >= 4 is 0 Å². The van der Waals surface area contributed by atoms with E-state index in [-0.39, 0.29) is 0 Å². The van der Waals surface area contributed by atoms with Crippen LogP contribution in [0, 0.1) is 11.8 Å². The van der Waals surface area contributed by atoms with Gasteiger partial charge in [-0.2, -0.15) is 0 Å². The molecule has 2 aliphatic rings. The lowest BCUT2D eigenvalue weighted by atomic mass is 9.81. The van der Waals surface area contributed by atoms with Gasteiger partial charge in [0.2, 0.25) is 0 Å². The van der Waals surface area contributed by atoms with Crippen LogP contribution in [-0.2, 0) is 0 Å². The summed E-state index contributed by atoms with van der Waals surface area (Å²) in [6, 6.07) is 0. The molecule has 0 aromatic heterocycles. The second-order valence-electron chi connectivity index (χ2n) is 7.46. The Morgan fingerprint density at radius 3 is 2.45 bits per heavy atom. The van der Waals surface area contributed by atoms with Crippen LogP contribution in [0.3, 0.4) is 0 Å². The molecular formula is C18H36N2. The summed E-state index contributed by atoms with van der Waals surface area (Å²) in [5, 5.41) is 3.83. The molecule has 118 valence electrons. The molecule has 2 nitrogen and oxygen atoms in total. The molecule has 1 saturated heterocycles. The van der Waals surface area contributed by atoms with Gasteiger partial charge in [0.25, 0.3) is 0 Å². The van der Waals surface area contributed by atoms with Gasteiger partial charge in [0, 0.05) is 12.1 Å². The Morgan fingerprint density at radius 2 is 1.80 bits per heavy atom. The van der Waals surface area contributed by atoms with Gasteiger partial charge in [-0.3, -0.25) is 0 Å². The molecule has 2 fully saturated rings. The number of hydrogen-bond acceptors (Lipinski definition) is 2. The summed E-state index contributed by atoms with van der Waals surface area (Å²) < 4.78 is 0. The third-order valence-corrected chi connectivity index (χ3v) is 6.02. The van der Waals surface area contributed by atoms with Crippen molar-refractivity contribution in [3.8, 4) is 0 Å². The van der Waals surface area contributed by atoms with Crippen LogP contribution in [0.5, 0.6) is 0 Å². The monoisotopic (exact) mass is 280 g/mol. The summed E-state index contributed by atoms with van der Waals surface area (Å²) in [7, 11) is 0. The molecule has 1 N–H and O–H groups in total. The maximum Gasteiger partial charge on any atom is 0.0303 e. The average molecular weight is 280 g/mol. The smallest absolute Gasteiger partial charge is 0.0303 e. The number of nitrogens with one attached hydrogen (secondary N) is 1. The molecule has 0 amide bonds. The minimum atomic E-state index is 0.386. The molecule has 0 aromatic carbocycles. The van der Waals surface area contributed by atoms with E-state index in [2.05, 4.69) is 31.0 Å². The summed E-state index contributed by atoms with van der Waals surface area (Å²) in [5.41, 5.74) is 0.386. The fraction of sp³-hybridized carbons (Fsp3) is 1.00. The highest BCUT2D eigenvalue weighted by molar-refractivity contribution is 4.91. The molecule has 1 saturated carbocycles. The van der Waals surface area contributed by atoms with Crippen molar-refractivity contribution in [1.82, 2.24) is 10.2 Å². The van der Waals surface area contributed by atoms with Crippen molar-refractivity contribution in [1.29, 1.82) is 0 Å². The zero-order valence-electron chi connectivity index (χ0n) is 14.1. The van der Waals surface area contributed by atoms with E-state index in [1.54, 1.807) is 0 Å². The van der Waals surface area contributed by atoms with Crippen LogP contribution in [0.2, 0.25) is 0 Å². The van der Waals surface area contributed by atoms with E-state index >= 15 is 0 Å². The largest absolute Gasteiger partial charge is 0.310 e. The van der Waals surface area contributed by atoms with Crippen molar-refractivity contribution in [2.45, 2.75) is 77.7 Å². The van der Waals surface area contributed by atoms with Gasteiger partial charge in [-0.15, -0.1) is 0 Å². The Labute approximate surface area is 126 Å². The van der Waals surface area contributed by atoms with Crippen LogP contribution in [0.25, 0.3) is 0 Å². The van der Waals surface area contributed by atoms with E-state index in [4.69, 9.17) is 0 Å². The van der Waals surface area contributed by atoms with Crippen molar-refractivity contribution in [2.24, 2.45) is 11.8 Å². The van der Waals surface area contributed by atoms with Gasteiger partial charge >= 0.3 is 0 Å². The fourth-order valence-electron chi connectivity index (χ4n) is 4.12. The quantitative estimate of drug-likeness (QED) is 0.817. The summed E-state index contributed by atoms with van der Waals surface area (Å²) in [4.78, 5) is 2.75. The van der Waals surface area contributed by atoms with Crippen LogP contribution in [0.4, 0.5) is 0 Å². The summed E-state index contributed by atoms with van der Waals surface area (Å²) >= 11 is 0. The Balaban J connectivity index is 1.79. The van der Waals surface area contributed by atoms with E-state index in [9.17, 15) is 0 Å². The van der Waals surface area contributed by atoms with Gasteiger partial charge in [0.05, 0.1) is 0 Å². The zero-order chi connectivity index (χ0) is 14.4. The van der Waals surface area contributed by atoms with Gasteiger partial charge in [0.1, 0.15) is 0 Å². The van der Waals surface area contributed by atoms with Gasteiger partial charge in [-0.1, -0.05) is 46.5 Å². The maximum absolute atomic E-state index is 3.83. The topological polar surface area (TPSA) is 15.3 Å². The molecule has 1 aliphatic heterocycles. The second-order valence-corrected chi connectivity index (χ2v) is 7.46. The van der Waals surface area contributed by atoms with Crippen LogP contribution in [0.15, 0.2) is 0 Å². The molecule has 0 unspecified atom stereocenters. The third kappa shape index (κ3) is 4.46. The number of hydrogen-bond donors (Lipinski definition) is 1. The number of rotatable bonds is 5. The highest BCUT2D eigenvalue weighted by atomic mass is 15.2. The Morgan fingerprint density at radius 1 is 1.10 bits per heavy atom. The predicted molar refractivity (Wildman–Crippen MR) is 88.1 cm³/mol. The molecule has 0 aromatic rings. The highest BCUT2D eigenvalue weighted by Crippen LogP contribution is 2.30. The van der Waals surface area contributed by atoms with Gasteiger partial charge in [-0.25, -0.2) is 0 Å². The standard InChI is InChI=1S/C18H36N2/c1-4-18(5-2)15-20(13-6-12-19-18)14-11-17-9-7-16(3)8-10-17/h16-17,19H,4-15H2,1-3H3. The van der Waals surface area contributed by atoms with E-state index in [1.165, 1.54) is 77.5 Å². The van der Waals surface area contributed by atoms with Gasteiger partial charge < -0.3 is 10.2 Å². The second kappa shape index (κ2) is 7.79. The third-order valence-electron chi connectivity index (χ3n) is 6.02. The summed E-state index contributed by atoms with van der Waals surface area (Å²) in [5.74, 6) is 2.00. The Kier molecular flexibility index (Phi) is 6.35. The van der Waals surface area contributed by atoms with Gasteiger partial charge in [0.15, 0.2) is 0 Å². The van der Waals surface area contributed by atoms with E-state index in [1.807, 2.05) is 0 Å². The number of nitrogens with zero attached hydrogens (tertiary/aromatic N) is 1. The fourth-order valence-corrected chi connectivity index (χ4v) is 4.12. The molecule has 1 heterocycles. The maximum atomic E-state index is 3.83. The first-order valence-electron chi connectivity index (χ1n) is 9.15. The first kappa shape index (κ1) is 16.3. The summed E-state index contributed by atoms with van der Waals surface area (Å²) in [6.45, 7) is 12.2. The molecule has 1 aliphatic carbocycles. The van der Waals surface area contributed by atoms with Crippen LogP contribution >= 0.6 is 0 Å². The average Bonchev–Trinajstić information content (AvgIpc) is 2.69. The van der Waals surface area contributed by atoms with Crippen molar-refractivity contribution in [3.05, 3.63) is 0 Å². The molecule has 2 heteroatoms. The molecule has 2 rings (SSSR count). The Hall–Kier alpha value is -0.0800. The molecule has 0 bridgehead atoms. The predicted octanol–water partition coefficient (Wildman–Crippen LogP) is 4.06. The minimum absolute atomic E-state index is 0.386. The van der Waals surface area contributed by atoms with E-state index in [0.29, 0.717) is 5.54 Å². The van der Waals surface area contributed by atoms with Crippen LogP contribution < -0.4 is 5.32 Å². The Bertz CT molecular complexity index is 265. The van der Waals surface area contributed by atoms with Crippen molar-refractivity contribution in [3.63, 3.8) is 0 Å². The van der Waals surface area contributed by atoms with E-state index in [0.717, 1.165) is 11.8 Å². The lowest BCUT2D eigenvalue weighted by Crippen LogP contribution is -2.50. The van der Waals surface area contributed by atoms with Crippen LogP contribution in [-0.4, -0.2) is 36.6 Å². The van der Waals surface area contributed by atoms with Gasteiger partial charge in [-0.05, 0) is 57.2 Å². The van der Waals surface area contributed by atoms with Crippen molar-refractivity contribution < 1.29 is 0 Å². The first-order chi connectivity index (χ1) is 9.67. The molecule has 0 spiro atoms. The van der Waals surface area contributed by atoms with Crippen molar-refractivity contribution in [2.75, 3.05) is 26.2 Å². The molecule has 20 heavy (non-hydrogen) atoms. The lowest BCUT2D eigenvalue weighted by molar-refractivity contribution is 0.175. The molecule has 0 atom stereocenters. The normalized spacial score (nSPS) is 31.9. The molecule has 0 radical (unpaired) electrons. The lowest BCUT2D eigenvalue weighted by Gasteiger charge is -2.36. The van der Waals surface area contributed by atoms with E-state index < -0.39 is 0 Å². The first-order valence-corrected chi connectivity index (χ1v) is 9.15. The SMILES string of the molecule is CCC1(CC)CN(CCC2CCC(C)CC2)CCCN1. The highest BCUT2D eigenvalue weighted by Gasteiger charge is 2.30. The minimum Gasteiger partial charge on any atom is -0.310 e. The summed E-state index contributed by atoms with van der Waals surface area (Å²) in [6.07, 6.45) is 11.2.